The molecule has 1 aromatic rings. The number of rotatable bonds is 10. The Bertz CT molecular complexity index is 694. The number of benzene rings is 1. The van der Waals surface area contributed by atoms with Gasteiger partial charge in [0.1, 0.15) is 0 Å². The smallest absolute Gasteiger partial charge is 0.303 e. The van der Waals surface area contributed by atoms with Gasteiger partial charge >= 0.3 is 5.97 Å². The Kier molecular flexibility index (Phi) is 8.49. The standard InChI is InChI=1S/C22H27NO4/c24-20(17-18-9-4-3-5-10-18)15-14-19-11-8-12-21(25)23(19)16-7-2-1-6-13-22(26)27/h2-5,7,9-10,14-15,19H,1,6,8,11-13,16-17H2,(H,26,27). The van der Waals surface area contributed by atoms with Gasteiger partial charge in [-0.05, 0) is 37.3 Å². The van der Waals surface area contributed by atoms with Crippen molar-refractivity contribution in [2.24, 2.45) is 0 Å². The van der Waals surface area contributed by atoms with Crippen molar-refractivity contribution < 1.29 is 19.5 Å². The molecule has 27 heavy (non-hydrogen) atoms. The van der Waals surface area contributed by atoms with Crippen molar-refractivity contribution in [2.75, 3.05) is 6.54 Å². The second kappa shape index (κ2) is 11.1. The van der Waals surface area contributed by atoms with Crippen molar-refractivity contribution in [3.63, 3.8) is 0 Å². The summed E-state index contributed by atoms with van der Waals surface area (Å²) in [6.07, 6.45) is 11.3. The Morgan fingerprint density at radius 1 is 1.19 bits per heavy atom. The zero-order valence-electron chi connectivity index (χ0n) is 15.5. The summed E-state index contributed by atoms with van der Waals surface area (Å²) >= 11 is 0. The Hall–Kier alpha value is -2.69. The number of allylic oxidation sites excluding steroid dienone is 2. The highest BCUT2D eigenvalue weighted by atomic mass is 16.4. The summed E-state index contributed by atoms with van der Waals surface area (Å²) in [4.78, 5) is 36.7. The molecule has 0 bridgehead atoms. The SMILES string of the molecule is O=C(O)CCCC=CCN1C(=O)CCCC1C=CC(=O)Cc1ccccc1. The zero-order valence-corrected chi connectivity index (χ0v) is 15.5. The number of carbonyl (C=O) groups excluding carboxylic acids is 2. The minimum Gasteiger partial charge on any atom is -0.481 e. The van der Waals surface area contributed by atoms with Gasteiger partial charge in [-0.25, -0.2) is 0 Å². The van der Waals surface area contributed by atoms with Crippen molar-refractivity contribution in [2.45, 2.75) is 51.0 Å². The number of ketones is 1. The molecule has 1 saturated heterocycles. The Morgan fingerprint density at radius 3 is 2.70 bits per heavy atom. The van der Waals surface area contributed by atoms with Crippen LogP contribution in [0, 0.1) is 0 Å². The lowest BCUT2D eigenvalue weighted by Gasteiger charge is -2.33. The molecule has 5 heteroatoms. The first-order chi connectivity index (χ1) is 13.1. The molecule has 0 radical (unpaired) electrons. The van der Waals surface area contributed by atoms with Crippen LogP contribution in [0.3, 0.4) is 0 Å². The molecule has 2 rings (SSSR count). The summed E-state index contributed by atoms with van der Waals surface area (Å²) in [5.41, 5.74) is 0.980. The molecule has 1 fully saturated rings. The van der Waals surface area contributed by atoms with Gasteiger partial charge in [-0.2, -0.15) is 0 Å². The van der Waals surface area contributed by atoms with Gasteiger partial charge in [-0.1, -0.05) is 48.6 Å². The third-order valence-corrected chi connectivity index (χ3v) is 4.57. The quantitative estimate of drug-likeness (QED) is 0.389. The van der Waals surface area contributed by atoms with E-state index in [1.165, 1.54) is 0 Å². The molecule has 1 amide bonds. The molecule has 1 heterocycles. The maximum absolute atomic E-state index is 12.2. The van der Waals surface area contributed by atoms with Crippen LogP contribution in [-0.2, 0) is 20.8 Å². The van der Waals surface area contributed by atoms with Crippen LogP contribution in [0.2, 0.25) is 0 Å². The van der Waals surface area contributed by atoms with E-state index in [1.54, 1.807) is 11.0 Å². The van der Waals surface area contributed by atoms with Crippen LogP contribution < -0.4 is 0 Å². The molecule has 1 aliphatic heterocycles. The molecule has 1 aromatic carbocycles. The van der Waals surface area contributed by atoms with Crippen LogP contribution in [-0.4, -0.2) is 40.3 Å². The van der Waals surface area contributed by atoms with Gasteiger partial charge in [0.25, 0.3) is 0 Å². The van der Waals surface area contributed by atoms with Gasteiger partial charge in [-0.3, -0.25) is 14.4 Å². The number of hydrogen-bond acceptors (Lipinski definition) is 3. The monoisotopic (exact) mass is 369 g/mol. The van der Waals surface area contributed by atoms with E-state index < -0.39 is 5.97 Å². The second-order valence-corrected chi connectivity index (χ2v) is 6.75. The number of unbranched alkanes of at least 4 members (excludes halogenated alkanes) is 1. The van der Waals surface area contributed by atoms with E-state index >= 15 is 0 Å². The van der Waals surface area contributed by atoms with Crippen molar-refractivity contribution in [3.05, 3.63) is 60.2 Å². The topological polar surface area (TPSA) is 74.7 Å². The average Bonchev–Trinajstić information content (AvgIpc) is 2.65. The predicted octanol–water partition coefficient (Wildman–Crippen LogP) is 3.55. The molecule has 1 aliphatic rings. The normalized spacial score (nSPS) is 17.7. The predicted molar refractivity (Wildman–Crippen MR) is 104 cm³/mol. The number of carboxylic acids is 1. The van der Waals surface area contributed by atoms with Crippen molar-refractivity contribution in [1.29, 1.82) is 0 Å². The van der Waals surface area contributed by atoms with Crippen LogP contribution in [0.5, 0.6) is 0 Å². The lowest BCUT2D eigenvalue weighted by Crippen LogP contribution is -2.42. The van der Waals surface area contributed by atoms with Gasteiger partial charge < -0.3 is 10.0 Å². The molecule has 0 spiro atoms. The zero-order chi connectivity index (χ0) is 19.5. The molecule has 0 aromatic heterocycles. The minimum atomic E-state index is -0.792. The van der Waals surface area contributed by atoms with Gasteiger partial charge in [0.2, 0.25) is 5.91 Å². The van der Waals surface area contributed by atoms with Crippen molar-refractivity contribution in [1.82, 2.24) is 4.90 Å². The summed E-state index contributed by atoms with van der Waals surface area (Å²) in [5.74, 6) is -0.662. The van der Waals surface area contributed by atoms with Gasteiger partial charge in [0.15, 0.2) is 5.78 Å². The fraction of sp³-hybridized carbons (Fsp3) is 0.409. The van der Waals surface area contributed by atoms with Gasteiger partial charge in [0.05, 0.1) is 6.04 Å². The first-order valence-electron chi connectivity index (χ1n) is 9.47. The van der Waals surface area contributed by atoms with Crippen LogP contribution in [0.25, 0.3) is 0 Å². The third kappa shape index (κ3) is 7.60. The molecule has 0 aliphatic carbocycles. The number of carboxylic acid groups (broad SMARTS) is 1. The van der Waals surface area contributed by atoms with E-state index in [2.05, 4.69) is 0 Å². The third-order valence-electron chi connectivity index (χ3n) is 4.57. The maximum Gasteiger partial charge on any atom is 0.303 e. The van der Waals surface area contributed by atoms with Crippen LogP contribution in [0.15, 0.2) is 54.6 Å². The number of aliphatic carboxylic acids is 1. The molecular formula is C22H27NO4. The van der Waals surface area contributed by atoms with E-state index in [0.29, 0.717) is 32.2 Å². The van der Waals surface area contributed by atoms with E-state index in [-0.39, 0.29) is 24.2 Å². The van der Waals surface area contributed by atoms with Crippen molar-refractivity contribution in [3.8, 4) is 0 Å². The molecule has 5 nitrogen and oxygen atoms in total. The number of hydrogen-bond donors (Lipinski definition) is 1. The van der Waals surface area contributed by atoms with E-state index in [1.807, 2.05) is 48.6 Å². The summed E-state index contributed by atoms with van der Waals surface area (Å²) in [6.45, 7) is 0.494. The molecule has 1 atom stereocenters. The summed E-state index contributed by atoms with van der Waals surface area (Å²) in [5, 5.41) is 8.63. The van der Waals surface area contributed by atoms with E-state index in [9.17, 15) is 14.4 Å². The summed E-state index contributed by atoms with van der Waals surface area (Å²) in [7, 11) is 0. The first-order valence-corrected chi connectivity index (χ1v) is 9.47. The summed E-state index contributed by atoms with van der Waals surface area (Å²) < 4.78 is 0. The highest BCUT2D eigenvalue weighted by Gasteiger charge is 2.25. The Morgan fingerprint density at radius 2 is 1.96 bits per heavy atom. The van der Waals surface area contributed by atoms with E-state index in [0.717, 1.165) is 18.4 Å². The Labute approximate surface area is 160 Å². The van der Waals surface area contributed by atoms with Gasteiger partial charge in [-0.15, -0.1) is 0 Å². The average molecular weight is 369 g/mol. The molecule has 1 N–H and O–H groups in total. The molecule has 0 saturated carbocycles. The molecule has 1 unspecified atom stereocenters. The lowest BCUT2D eigenvalue weighted by molar-refractivity contribution is -0.137. The van der Waals surface area contributed by atoms with Crippen molar-refractivity contribution >= 4 is 17.7 Å². The van der Waals surface area contributed by atoms with E-state index in [4.69, 9.17) is 5.11 Å². The largest absolute Gasteiger partial charge is 0.481 e. The maximum atomic E-state index is 12.2. The molecule has 144 valence electrons. The highest BCUT2D eigenvalue weighted by molar-refractivity contribution is 5.91. The van der Waals surface area contributed by atoms with Gasteiger partial charge in [0, 0.05) is 25.8 Å². The fourth-order valence-corrected chi connectivity index (χ4v) is 3.14. The fourth-order valence-electron chi connectivity index (χ4n) is 3.14. The Balaban J connectivity index is 1.86. The highest BCUT2D eigenvalue weighted by Crippen LogP contribution is 2.19. The second-order valence-electron chi connectivity index (χ2n) is 6.75. The number of nitrogens with zero attached hydrogens (tertiary/aromatic N) is 1. The van der Waals surface area contributed by atoms with Crippen LogP contribution >= 0.6 is 0 Å². The summed E-state index contributed by atoms with van der Waals surface area (Å²) in [6, 6.07) is 9.54. The lowest BCUT2D eigenvalue weighted by atomic mass is 10.00. The number of likely N-dealkylation sites (tertiary alicyclic amines) is 1. The van der Waals surface area contributed by atoms with Crippen LogP contribution in [0.4, 0.5) is 0 Å². The number of piperidine rings is 1. The van der Waals surface area contributed by atoms with Crippen LogP contribution in [0.1, 0.15) is 44.1 Å². The minimum absolute atomic E-state index is 0.0309. The first kappa shape index (κ1) is 20.6. The number of amides is 1. The molecular weight excluding hydrogens is 342 g/mol. The number of carbonyl (C=O) groups is 3.